The minimum absolute atomic E-state index is 0.0300. The number of halogens is 2. The van der Waals surface area contributed by atoms with Crippen molar-refractivity contribution in [1.29, 1.82) is 0 Å². The molecule has 1 saturated carbocycles. The first-order chi connectivity index (χ1) is 17.2. The number of sulfonamides is 1. The minimum Gasteiger partial charge on any atom is -0.491 e. The molecule has 2 aromatic rings. The molecule has 0 aromatic heterocycles. The first kappa shape index (κ1) is 24.0. The molecule has 2 atom stereocenters. The fourth-order valence-electron chi connectivity index (χ4n) is 5.84. The van der Waals surface area contributed by atoms with Crippen LogP contribution < -0.4 is 9.64 Å². The van der Waals surface area contributed by atoms with E-state index in [1.54, 1.807) is 24.1 Å². The molecule has 3 heterocycles. The summed E-state index contributed by atoms with van der Waals surface area (Å²) in [7, 11) is -1.96. The van der Waals surface area contributed by atoms with Crippen molar-refractivity contribution in [2.24, 2.45) is 5.92 Å². The maximum Gasteiger partial charge on any atom is 0.255 e. The molecule has 10 heteroatoms. The van der Waals surface area contributed by atoms with Crippen LogP contribution >= 0.6 is 11.6 Å². The van der Waals surface area contributed by atoms with E-state index in [4.69, 9.17) is 16.3 Å². The van der Waals surface area contributed by atoms with E-state index in [-0.39, 0.29) is 23.0 Å². The summed E-state index contributed by atoms with van der Waals surface area (Å²) in [4.78, 5) is 17.6. The lowest BCUT2D eigenvalue weighted by Crippen LogP contribution is -2.55. The number of hydrogen-bond donors (Lipinski definition) is 0. The van der Waals surface area contributed by atoms with Crippen molar-refractivity contribution in [2.75, 3.05) is 38.2 Å². The zero-order valence-corrected chi connectivity index (χ0v) is 21.7. The Kier molecular flexibility index (Phi) is 5.92. The van der Waals surface area contributed by atoms with Crippen LogP contribution in [0.15, 0.2) is 35.2 Å². The fourth-order valence-corrected chi connectivity index (χ4v) is 7.40. The summed E-state index contributed by atoms with van der Waals surface area (Å²) < 4.78 is 47.8. The van der Waals surface area contributed by atoms with E-state index < -0.39 is 15.8 Å². The lowest BCUT2D eigenvalue weighted by atomic mass is 10.1. The number of fused-ring (bicyclic) bond motifs is 3. The lowest BCUT2D eigenvalue weighted by molar-refractivity contribution is 0.0718. The molecule has 2 aromatic carbocycles. The van der Waals surface area contributed by atoms with Gasteiger partial charge in [0.15, 0.2) is 0 Å². The number of hydrogen-bond acceptors (Lipinski definition) is 5. The highest BCUT2D eigenvalue weighted by atomic mass is 35.5. The molecular formula is C26H29ClFN3O4S. The largest absolute Gasteiger partial charge is 0.491 e. The molecule has 3 aliphatic heterocycles. The molecule has 6 rings (SSSR count). The maximum absolute atomic E-state index is 13.5. The van der Waals surface area contributed by atoms with E-state index >= 15 is 0 Å². The number of anilines is 1. The van der Waals surface area contributed by atoms with Crippen LogP contribution in [-0.4, -0.2) is 68.9 Å². The number of rotatable bonds is 6. The highest BCUT2D eigenvalue weighted by molar-refractivity contribution is 7.89. The summed E-state index contributed by atoms with van der Waals surface area (Å²) in [6.07, 6.45) is 4.62. The number of benzene rings is 2. The van der Waals surface area contributed by atoms with Crippen molar-refractivity contribution >= 4 is 33.2 Å². The molecule has 3 fully saturated rings. The average molecular weight is 534 g/mol. The van der Waals surface area contributed by atoms with Gasteiger partial charge >= 0.3 is 0 Å². The first-order valence-electron chi connectivity index (χ1n) is 12.5. The van der Waals surface area contributed by atoms with Gasteiger partial charge in [0.05, 0.1) is 27.8 Å². The number of piperazine rings is 1. The van der Waals surface area contributed by atoms with Gasteiger partial charge in [-0.15, -0.1) is 0 Å². The smallest absolute Gasteiger partial charge is 0.255 e. The number of likely N-dealkylation sites (tertiary alicyclic amines) is 1. The Balaban J connectivity index is 1.30. The zero-order valence-electron chi connectivity index (χ0n) is 20.1. The van der Waals surface area contributed by atoms with Crippen molar-refractivity contribution < 1.29 is 22.3 Å². The van der Waals surface area contributed by atoms with Gasteiger partial charge in [-0.1, -0.05) is 11.6 Å². The molecule has 2 unspecified atom stereocenters. The third-order valence-electron chi connectivity index (χ3n) is 7.87. The lowest BCUT2D eigenvalue weighted by Gasteiger charge is -2.43. The molecule has 0 N–H and O–H groups in total. The van der Waals surface area contributed by atoms with Crippen molar-refractivity contribution in [2.45, 2.75) is 49.1 Å². The Morgan fingerprint density at radius 2 is 1.86 bits per heavy atom. The van der Waals surface area contributed by atoms with E-state index in [9.17, 15) is 17.6 Å². The Morgan fingerprint density at radius 3 is 2.53 bits per heavy atom. The van der Waals surface area contributed by atoms with Crippen LogP contribution in [0.3, 0.4) is 0 Å². The Hall–Kier alpha value is -2.36. The zero-order chi connectivity index (χ0) is 25.2. The van der Waals surface area contributed by atoms with Crippen LogP contribution in [0, 0.1) is 11.7 Å². The topological polar surface area (TPSA) is 70.2 Å². The predicted molar refractivity (Wildman–Crippen MR) is 135 cm³/mol. The monoisotopic (exact) mass is 533 g/mol. The fraction of sp³-hybridized carbons (Fsp3) is 0.500. The Bertz CT molecular complexity index is 1320. The van der Waals surface area contributed by atoms with Gasteiger partial charge in [0.2, 0.25) is 10.0 Å². The van der Waals surface area contributed by atoms with E-state index in [1.165, 1.54) is 16.4 Å². The second-order valence-electron chi connectivity index (χ2n) is 10.4. The van der Waals surface area contributed by atoms with Gasteiger partial charge in [0.1, 0.15) is 11.6 Å². The normalized spacial score (nSPS) is 23.2. The molecule has 2 bridgehead atoms. The number of carbonyl (C=O) groups is 1. The Labute approximate surface area is 215 Å². The number of carbonyl (C=O) groups excluding carboxylic acids is 1. The number of amides is 1. The second kappa shape index (κ2) is 8.89. The summed E-state index contributed by atoms with van der Waals surface area (Å²) in [5, 5.41) is 0.106. The predicted octanol–water partition coefficient (Wildman–Crippen LogP) is 3.94. The van der Waals surface area contributed by atoms with Gasteiger partial charge in [-0.3, -0.25) is 4.79 Å². The summed E-state index contributed by atoms with van der Waals surface area (Å²) in [6, 6.07) is 7.43. The summed E-state index contributed by atoms with van der Waals surface area (Å²) >= 11 is 6.17. The van der Waals surface area contributed by atoms with Crippen molar-refractivity contribution in [3.8, 4) is 5.75 Å². The molecule has 7 nitrogen and oxygen atoms in total. The first-order valence-corrected chi connectivity index (χ1v) is 14.3. The molecule has 0 spiro atoms. The molecule has 1 amide bonds. The summed E-state index contributed by atoms with van der Waals surface area (Å²) in [5.74, 6) is 0.527. The van der Waals surface area contributed by atoms with Gasteiger partial charge in [-0.05, 0) is 61.9 Å². The average Bonchev–Trinajstić information content (AvgIpc) is 3.46. The van der Waals surface area contributed by atoms with E-state index in [2.05, 4.69) is 4.90 Å². The summed E-state index contributed by atoms with van der Waals surface area (Å²) in [6.45, 7) is 2.04. The number of ether oxygens (including phenoxy) is 1. The molecule has 4 aliphatic rings. The standard InChI is InChI=1S/C26H29ClFN3O4S/c1-29(13-16-2-3-16)36(33,34)21-10-17-8-9-35-25(17)24(12-21)31-19-5-6-20(31)15-30(14-19)26(32)22-7-4-18(28)11-23(22)27/h4,7,10-12,16,19-20H,2-3,5-6,8-9,13-15H2,1H3. The van der Waals surface area contributed by atoms with Crippen LogP contribution in [0.25, 0.3) is 0 Å². The molecule has 1 aliphatic carbocycles. The van der Waals surface area contributed by atoms with Gasteiger partial charge in [-0.2, -0.15) is 0 Å². The van der Waals surface area contributed by atoms with E-state index in [0.29, 0.717) is 49.0 Å². The molecule has 0 radical (unpaired) electrons. The van der Waals surface area contributed by atoms with Crippen molar-refractivity contribution in [1.82, 2.24) is 9.21 Å². The van der Waals surface area contributed by atoms with Crippen LogP contribution in [0.1, 0.15) is 41.6 Å². The molecule has 2 saturated heterocycles. The SMILES string of the molecule is CN(CC1CC1)S(=O)(=O)c1cc2c(c(N3C4CCC3CN(C(=O)c3ccc(F)cc3Cl)C4)c1)OCC2. The highest BCUT2D eigenvalue weighted by Gasteiger charge is 2.44. The Morgan fingerprint density at radius 1 is 1.14 bits per heavy atom. The maximum atomic E-state index is 13.5. The molecule has 192 valence electrons. The number of nitrogens with zero attached hydrogens (tertiary/aromatic N) is 3. The van der Waals surface area contributed by atoms with Crippen LogP contribution in [0.4, 0.5) is 10.1 Å². The summed E-state index contributed by atoms with van der Waals surface area (Å²) in [5.41, 5.74) is 2.02. The van der Waals surface area contributed by atoms with Gasteiger partial charge in [0, 0.05) is 50.7 Å². The minimum atomic E-state index is -3.62. The van der Waals surface area contributed by atoms with Gasteiger partial charge < -0.3 is 14.5 Å². The van der Waals surface area contributed by atoms with Crippen LogP contribution in [-0.2, 0) is 16.4 Å². The molecule has 36 heavy (non-hydrogen) atoms. The van der Waals surface area contributed by atoms with Crippen molar-refractivity contribution in [3.63, 3.8) is 0 Å². The van der Waals surface area contributed by atoms with Crippen molar-refractivity contribution in [3.05, 3.63) is 52.3 Å². The van der Waals surface area contributed by atoms with Crippen LogP contribution in [0.5, 0.6) is 5.75 Å². The van der Waals surface area contributed by atoms with E-state index in [1.807, 2.05) is 0 Å². The highest BCUT2D eigenvalue weighted by Crippen LogP contribution is 2.45. The quantitative estimate of drug-likeness (QED) is 0.562. The van der Waals surface area contributed by atoms with E-state index in [0.717, 1.165) is 48.8 Å². The second-order valence-corrected chi connectivity index (χ2v) is 12.8. The van der Waals surface area contributed by atoms with Gasteiger partial charge in [-0.25, -0.2) is 17.1 Å². The third-order valence-corrected chi connectivity index (χ3v) is 9.98. The van der Waals surface area contributed by atoms with Crippen LogP contribution in [0.2, 0.25) is 5.02 Å². The molecular weight excluding hydrogens is 505 g/mol. The van der Waals surface area contributed by atoms with Gasteiger partial charge in [0.25, 0.3) is 5.91 Å². The third kappa shape index (κ3) is 4.15.